The van der Waals surface area contributed by atoms with Gasteiger partial charge in [-0.2, -0.15) is 0 Å². The largest absolute Gasteiger partial charge is 0.497 e. The second kappa shape index (κ2) is 11.4. The van der Waals surface area contributed by atoms with Gasteiger partial charge in [-0.3, -0.25) is 5.32 Å². The van der Waals surface area contributed by atoms with Gasteiger partial charge in [-0.05, 0) is 47.5 Å². The Labute approximate surface area is 206 Å². The molecular weight excluding hydrogens is 464 g/mol. The van der Waals surface area contributed by atoms with Crippen LogP contribution < -0.4 is 10.1 Å². The summed E-state index contributed by atoms with van der Waals surface area (Å²) in [6.07, 6.45) is 0.592. The number of amides is 1. The number of hydrogen-bond acceptors (Lipinski definition) is 8. The van der Waals surface area contributed by atoms with Crippen molar-refractivity contribution in [3.63, 3.8) is 0 Å². The number of carbonyl (C=O) groups is 3. The predicted molar refractivity (Wildman–Crippen MR) is 129 cm³/mol. The number of carbonyl (C=O) groups excluding carboxylic acids is 3. The zero-order chi connectivity index (χ0) is 25.3. The molecule has 1 N–H and O–H groups in total. The first-order chi connectivity index (χ1) is 17.5. The van der Waals surface area contributed by atoms with Crippen molar-refractivity contribution in [3.05, 3.63) is 107 Å². The lowest BCUT2D eigenvalue weighted by Gasteiger charge is -2.08. The van der Waals surface area contributed by atoms with Crippen LogP contribution in [0.15, 0.2) is 85.1 Å². The summed E-state index contributed by atoms with van der Waals surface area (Å²) in [5.74, 6) is -1.03. The fourth-order valence-corrected chi connectivity index (χ4v) is 3.20. The third kappa shape index (κ3) is 6.32. The van der Waals surface area contributed by atoms with E-state index in [2.05, 4.69) is 15.6 Å². The van der Waals surface area contributed by atoms with Gasteiger partial charge >= 0.3 is 18.0 Å². The van der Waals surface area contributed by atoms with Crippen molar-refractivity contribution in [1.82, 2.24) is 15.0 Å². The van der Waals surface area contributed by atoms with Gasteiger partial charge in [-0.15, -0.1) is 5.10 Å². The van der Waals surface area contributed by atoms with Crippen LogP contribution in [0.5, 0.6) is 5.75 Å². The van der Waals surface area contributed by atoms with Gasteiger partial charge in [-0.1, -0.05) is 47.7 Å². The van der Waals surface area contributed by atoms with Crippen LogP contribution in [0.1, 0.15) is 32.0 Å². The van der Waals surface area contributed by atoms with Gasteiger partial charge in [0.15, 0.2) is 5.69 Å². The summed E-state index contributed by atoms with van der Waals surface area (Å²) in [5, 5.41) is 10.2. The van der Waals surface area contributed by atoms with E-state index in [0.29, 0.717) is 11.4 Å². The minimum atomic E-state index is -0.884. The summed E-state index contributed by atoms with van der Waals surface area (Å²) < 4.78 is 16.6. The standard InChI is InChI=1S/C26H22N4O6/c1-34-22-13-7-18(8-14-22)16-30-23(15-27-29-30)25(32)36-24(31)20-9-11-21(12-10-20)28-26(33)35-17-19-5-3-2-4-6-19/h2-15H,16-17H2,1H3,(H,28,33). The number of ether oxygens (including phenoxy) is 3. The van der Waals surface area contributed by atoms with Crippen LogP contribution in [0.3, 0.4) is 0 Å². The van der Waals surface area contributed by atoms with Crippen molar-refractivity contribution in [3.8, 4) is 5.75 Å². The summed E-state index contributed by atoms with van der Waals surface area (Å²) in [5.41, 5.74) is 2.28. The normalized spacial score (nSPS) is 10.4. The molecular formula is C26H22N4O6. The van der Waals surface area contributed by atoms with Crippen LogP contribution in [0.4, 0.5) is 10.5 Å². The van der Waals surface area contributed by atoms with E-state index in [9.17, 15) is 14.4 Å². The molecule has 0 saturated heterocycles. The molecule has 0 atom stereocenters. The molecule has 10 heteroatoms. The van der Waals surface area contributed by atoms with Gasteiger partial charge in [0.25, 0.3) is 0 Å². The molecule has 0 fully saturated rings. The van der Waals surface area contributed by atoms with Crippen molar-refractivity contribution in [1.29, 1.82) is 0 Å². The highest BCUT2D eigenvalue weighted by Crippen LogP contribution is 2.15. The molecule has 0 radical (unpaired) electrons. The first-order valence-corrected chi connectivity index (χ1v) is 10.9. The van der Waals surface area contributed by atoms with E-state index in [1.54, 1.807) is 19.2 Å². The lowest BCUT2D eigenvalue weighted by molar-refractivity contribution is 0.0389. The molecule has 4 aromatic rings. The van der Waals surface area contributed by atoms with Gasteiger partial charge in [0.2, 0.25) is 0 Å². The Kier molecular flexibility index (Phi) is 7.66. The number of nitrogens with zero attached hydrogens (tertiary/aromatic N) is 3. The number of esters is 2. The van der Waals surface area contributed by atoms with Crippen LogP contribution >= 0.6 is 0 Å². The van der Waals surface area contributed by atoms with Crippen molar-refractivity contribution in [2.24, 2.45) is 0 Å². The van der Waals surface area contributed by atoms with E-state index in [0.717, 1.165) is 11.1 Å². The lowest BCUT2D eigenvalue weighted by Crippen LogP contribution is -2.18. The van der Waals surface area contributed by atoms with Crippen molar-refractivity contribution < 1.29 is 28.6 Å². The molecule has 0 spiro atoms. The Morgan fingerprint density at radius 1 is 0.861 bits per heavy atom. The first-order valence-electron chi connectivity index (χ1n) is 10.9. The highest BCUT2D eigenvalue weighted by molar-refractivity contribution is 6.02. The summed E-state index contributed by atoms with van der Waals surface area (Å²) >= 11 is 0. The van der Waals surface area contributed by atoms with Crippen molar-refractivity contribution in [2.75, 3.05) is 12.4 Å². The second-order valence-electron chi connectivity index (χ2n) is 7.57. The topological polar surface area (TPSA) is 122 Å². The van der Waals surface area contributed by atoms with E-state index >= 15 is 0 Å². The van der Waals surface area contributed by atoms with E-state index in [1.807, 2.05) is 42.5 Å². The highest BCUT2D eigenvalue weighted by Gasteiger charge is 2.20. The highest BCUT2D eigenvalue weighted by atomic mass is 16.6. The van der Waals surface area contributed by atoms with Gasteiger partial charge < -0.3 is 14.2 Å². The van der Waals surface area contributed by atoms with Crippen LogP contribution in [0.25, 0.3) is 0 Å². The van der Waals surface area contributed by atoms with E-state index < -0.39 is 18.0 Å². The van der Waals surface area contributed by atoms with Crippen LogP contribution in [0, 0.1) is 0 Å². The quantitative estimate of drug-likeness (QED) is 0.292. The molecule has 36 heavy (non-hydrogen) atoms. The van der Waals surface area contributed by atoms with Crippen LogP contribution in [-0.4, -0.2) is 40.1 Å². The number of benzene rings is 3. The molecule has 1 amide bonds. The Balaban J connectivity index is 1.31. The average Bonchev–Trinajstić information content (AvgIpc) is 3.37. The summed E-state index contributed by atoms with van der Waals surface area (Å²) in [7, 11) is 1.57. The van der Waals surface area contributed by atoms with Crippen molar-refractivity contribution in [2.45, 2.75) is 13.2 Å². The van der Waals surface area contributed by atoms with Gasteiger partial charge in [0.1, 0.15) is 12.4 Å². The molecule has 0 aliphatic heterocycles. The molecule has 182 valence electrons. The van der Waals surface area contributed by atoms with E-state index in [1.165, 1.54) is 35.1 Å². The molecule has 0 aliphatic carbocycles. The number of methoxy groups -OCH3 is 1. The maximum absolute atomic E-state index is 12.6. The summed E-state index contributed by atoms with van der Waals surface area (Å²) in [4.78, 5) is 37.0. The molecule has 10 nitrogen and oxygen atoms in total. The summed E-state index contributed by atoms with van der Waals surface area (Å²) in [6, 6.07) is 22.3. The van der Waals surface area contributed by atoms with Crippen LogP contribution in [-0.2, 0) is 22.6 Å². The maximum Gasteiger partial charge on any atom is 0.411 e. The van der Waals surface area contributed by atoms with Crippen molar-refractivity contribution >= 4 is 23.7 Å². The molecule has 4 rings (SSSR count). The predicted octanol–water partition coefficient (Wildman–Crippen LogP) is 4.08. The number of anilines is 1. The monoisotopic (exact) mass is 486 g/mol. The maximum atomic E-state index is 12.6. The second-order valence-corrected chi connectivity index (χ2v) is 7.57. The number of aromatic nitrogens is 3. The minimum absolute atomic E-state index is 0.0265. The SMILES string of the molecule is COc1ccc(Cn2nncc2C(=O)OC(=O)c2ccc(NC(=O)OCc3ccccc3)cc2)cc1. The number of hydrogen-bond donors (Lipinski definition) is 1. The third-order valence-electron chi connectivity index (χ3n) is 5.08. The smallest absolute Gasteiger partial charge is 0.411 e. The number of rotatable bonds is 8. The first kappa shape index (κ1) is 24.1. The zero-order valence-corrected chi connectivity index (χ0v) is 19.3. The molecule has 0 saturated carbocycles. The molecule has 1 heterocycles. The minimum Gasteiger partial charge on any atom is -0.497 e. The molecule has 0 unspecified atom stereocenters. The fourth-order valence-electron chi connectivity index (χ4n) is 3.20. The average molecular weight is 486 g/mol. The molecule has 3 aromatic carbocycles. The van der Waals surface area contributed by atoms with E-state index in [-0.39, 0.29) is 24.4 Å². The lowest BCUT2D eigenvalue weighted by atomic mass is 10.2. The Bertz CT molecular complexity index is 1340. The van der Waals surface area contributed by atoms with Gasteiger partial charge in [-0.25, -0.2) is 19.1 Å². The molecule has 0 bridgehead atoms. The molecule has 0 aliphatic rings. The Morgan fingerprint density at radius 2 is 1.58 bits per heavy atom. The third-order valence-corrected chi connectivity index (χ3v) is 5.08. The molecule has 1 aromatic heterocycles. The van der Waals surface area contributed by atoms with Gasteiger partial charge in [0.05, 0.1) is 25.4 Å². The Hall–Kier alpha value is -4.99. The zero-order valence-electron chi connectivity index (χ0n) is 19.3. The summed E-state index contributed by atoms with van der Waals surface area (Å²) in [6.45, 7) is 0.381. The Morgan fingerprint density at radius 3 is 2.28 bits per heavy atom. The fraction of sp³-hybridized carbons (Fsp3) is 0.115. The van der Waals surface area contributed by atoms with Crippen LogP contribution in [0.2, 0.25) is 0 Å². The van der Waals surface area contributed by atoms with Gasteiger partial charge in [0, 0.05) is 5.69 Å². The number of nitrogens with one attached hydrogen (secondary N) is 1. The van der Waals surface area contributed by atoms with E-state index in [4.69, 9.17) is 14.2 Å².